The molecule has 0 radical (unpaired) electrons. The number of aromatic amines is 1. The summed E-state index contributed by atoms with van der Waals surface area (Å²) in [6.45, 7) is 0.482. The predicted octanol–water partition coefficient (Wildman–Crippen LogP) is 1.52. The Bertz CT molecular complexity index is 732. The SMILES string of the molecule is FC(F)(F)c1nnc2ccc(NCCc3ncc[nH]3)nn12. The van der Waals surface area contributed by atoms with Crippen molar-refractivity contribution in [2.24, 2.45) is 0 Å². The van der Waals surface area contributed by atoms with Crippen LogP contribution in [0.25, 0.3) is 5.65 Å². The first-order valence-electron chi connectivity index (χ1n) is 6.06. The fourth-order valence-electron chi connectivity index (χ4n) is 1.80. The monoisotopic (exact) mass is 297 g/mol. The summed E-state index contributed by atoms with van der Waals surface area (Å²) in [5.74, 6) is -0.0598. The Labute approximate surface area is 116 Å². The number of hydrogen-bond donors (Lipinski definition) is 2. The summed E-state index contributed by atoms with van der Waals surface area (Å²) >= 11 is 0. The molecule has 3 heterocycles. The summed E-state index contributed by atoms with van der Waals surface area (Å²) in [4.78, 5) is 6.98. The average molecular weight is 297 g/mol. The van der Waals surface area contributed by atoms with Gasteiger partial charge >= 0.3 is 6.18 Å². The predicted molar refractivity (Wildman–Crippen MR) is 66.6 cm³/mol. The van der Waals surface area contributed by atoms with Gasteiger partial charge in [-0.05, 0) is 12.1 Å². The number of fused-ring (bicyclic) bond motifs is 1. The lowest BCUT2D eigenvalue weighted by Crippen LogP contribution is -2.14. The molecule has 3 rings (SSSR count). The maximum absolute atomic E-state index is 12.7. The molecule has 0 atom stereocenters. The molecule has 2 N–H and O–H groups in total. The van der Waals surface area contributed by atoms with E-state index in [1.54, 1.807) is 18.5 Å². The molecule has 0 aromatic carbocycles. The van der Waals surface area contributed by atoms with Gasteiger partial charge in [0, 0.05) is 25.4 Å². The molecule has 21 heavy (non-hydrogen) atoms. The molecule has 0 aliphatic carbocycles. The van der Waals surface area contributed by atoms with Crippen LogP contribution in [0.4, 0.5) is 19.0 Å². The maximum Gasteiger partial charge on any atom is 0.453 e. The van der Waals surface area contributed by atoms with Crippen LogP contribution in [0.3, 0.4) is 0 Å². The molecule has 0 fully saturated rings. The first-order chi connectivity index (χ1) is 10.0. The number of imidazole rings is 1. The molecule has 0 saturated carbocycles. The van der Waals surface area contributed by atoms with Gasteiger partial charge in [-0.15, -0.1) is 15.3 Å². The Morgan fingerprint density at radius 2 is 2.10 bits per heavy atom. The summed E-state index contributed by atoms with van der Waals surface area (Å²) < 4.78 is 38.8. The zero-order chi connectivity index (χ0) is 14.9. The normalized spacial score (nSPS) is 12.0. The van der Waals surface area contributed by atoms with Crippen LogP contribution >= 0.6 is 0 Å². The van der Waals surface area contributed by atoms with Gasteiger partial charge in [-0.25, -0.2) is 4.98 Å². The van der Waals surface area contributed by atoms with E-state index in [4.69, 9.17) is 0 Å². The molecule has 3 aromatic rings. The molecule has 0 bridgehead atoms. The van der Waals surface area contributed by atoms with Gasteiger partial charge in [0.25, 0.3) is 5.82 Å². The third-order valence-electron chi connectivity index (χ3n) is 2.74. The van der Waals surface area contributed by atoms with E-state index in [1.165, 1.54) is 6.07 Å². The Morgan fingerprint density at radius 1 is 1.24 bits per heavy atom. The maximum atomic E-state index is 12.7. The smallest absolute Gasteiger partial charge is 0.368 e. The van der Waals surface area contributed by atoms with Gasteiger partial charge in [0.15, 0.2) is 5.65 Å². The summed E-state index contributed by atoms with van der Waals surface area (Å²) in [5.41, 5.74) is 0.0407. The van der Waals surface area contributed by atoms with Crippen molar-refractivity contribution in [3.63, 3.8) is 0 Å². The molecule has 3 aromatic heterocycles. The highest BCUT2D eigenvalue weighted by atomic mass is 19.4. The van der Waals surface area contributed by atoms with E-state index in [9.17, 15) is 13.2 Å². The largest absolute Gasteiger partial charge is 0.453 e. The number of anilines is 1. The van der Waals surface area contributed by atoms with Gasteiger partial charge in [-0.3, -0.25) is 0 Å². The van der Waals surface area contributed by atoms with Gasteiger partial charge in [0.05, 0.1) is 0 Å². The second-order valence-corrected chi connectivity index (χ2v) is 4.22. The standard InChI is InChI=1S/C11H10F3N7/c12-11(13,14)10-19-18-9-2-1-8(20-21(9)10)15-4-3-7-16-5-6-17-7/h1-2,5-6H,3-4H2,(H,15,20)(H,16,17). The van der Waals surface area contributed by atoms with Crippen LogP contribution in [0.15, 0.2) is 24.5 Å². The van der Waals surface area contributed by atoms with Crippen LogP contribution in [-0.4, -0.2) is 36.3 Å². The number of nitrogens with one attached hydrogen (secondary N) is 2. The first-order valence-corrected chi connectivity index (χ1v) is 6.06. The fourth-order valence-corrected chi connectivity index (χ4v) is 1.80. The minimum absolute atomic E-state index is 0.0407. The Hall–Kier alpha value is -2.65. The van der Waals surface area contributed by atoms with Crippen LogP contribution in [0, 0.1) is 0 Å². The molecule has 0 spiro atoms. The highest BCUT2D eigenvalue weighted by Gasteiger charge is 2.37. The molecule has 0 unspecified atom stereocenters. The molecular weight excluding hydrogens is 287 g/mol. The second-order valence-electron chi connectivity index (χ2n) is 4.22. The van der Waals surface area contributed by atoms with Gasteiger partial charge < -0.3 is 10.3 Å². The number of rotatable bonds is 4. The average Bonchev–Trinajstić information content (AvgIpc) is 3.05. The summed E-state index contributed by atoms with van der Waals surface area (Å²) in [7, 11) is 0. The van der Waals surface area contributed by atoms with Crippen molar-refractivity contribution in [3.8, 4) is 0 Å². The van der Waals surface area contributed by atoms with Crippen LogP contribution in [-0.2, 0) is 12.6 Å². The van der Waals surface area contributed by atoms with Crippen molar-refractivity contribution < 1.29 is 13.2 Å². The highest BCUT2D eigenvalue weighted by Crippen LogP contribution is 2.27. The highest BCUT2D eigenvalue weighted by molar-refractivity contribution is 5.44. The summed E-state index contributed by atoms with van der Waals surface area (Å²) in [5, 5.41) is 13.3. The van der Waals surface area contributed by atoms with E-state index in [-0.39, 0.29) is 5.65 Å². The van der Waals surface area contributed by atoms with E-state index in [0.717, 1.165) is 5.82 Å². The number of hydrogen-bond acceptors (Lipinski definition) is 5. The van der Waals surface area contributed by atoms with E-state index in [1.807, 2.05) is 0 Å². The van der Waals surface area contributed by atoms with Gasteiger partial charge in [0.1, 0.15) is 11.6 Å². The lowest BCUT2D eigenvalue weighted by Gasteiger charge is -2.06. The van der Waals surface area contributed by atoms with Crippen LogP contribution < -0.4 is 5.32 Å². The Morgan fingerprint density at radius 3 is 2.81 bits per heavy atom. The van der Waals surface area contributed by atoms with Gasteiger partial charge in [0.2, 0.25) is 0 Å². The van der Waals surface area contributed by atoms with Gasteiger partial charge in [-0.2, -0.15) is 17.7 Å². The summed E-state index contributed by atoms with van der Waals surface area (Å²) in [6, 6.07) is 2.97. The third kappa shape index (κ3) is 2.78. The minimum atomic E-state index is -4.60. The fraction of sp³-hybridized carbons (Fsp3) is 0.273. The third-order valence-corrected chi connectivity index (χ3v) is 2.74. The van der Waals surface area contributed by atoms with Crippen molar-refractivity contribution in [2.45, 2.75) is 12.6 Å². The second kappa shape index (κ2) is 5.04. The van der Waals surface area contributed by atoms with Crippen molar-refractivity contribution >= 4 is 11.5 Å². The topological polar surface area (TPSA) is 83.8 Å². The number of halogens is 3. The van der Waals surface area contributed by atoms with Crippen molar-refractivity contribution in [3.05, 3.63) is 36.2 Å². The quantitative estimate of drug-likeness (QED) is 0.763. The van der Waals surface area contributed by atoms with E-state index in [0.29, 0.717) is 23.3 Å². The van der Waals surface area contributed by atoms with E-state index >= 15 is 0 Å². The number of H-pyrrole nitrogens is 1. The van der Waals surface area contributed by atoms with Crippen LogP contribution in [0.1, 0.15) is 11.6 Å². The zero-order valence-electron chi connectivity index (χ0n) is 10.6. The number of nitrogens with zero attached hydrogens (tertiary/aromatic N) is 5. The Balaban J connectivity index is 1.77. The molecular formula is C11H10F3N7. The zero-order valence-corrected chi connectivity index (χ0v) is 10.6. The van der Waals surface area contributed by atoms with Crippen LogP contribution in [0.5, 0.6) is 0 Å². The summed E-state index contributed by atoms with van der Waals surface area (Å²) in [6.07, 6.45) is -0.668. The molecule has 0 amide bonds. The Kier molecular flexibility index (Phi) is 3.20. The molecule has 7 nitrogen and oxygen atoms in total. The van der Waals surface area contributed by atoms with Gasteiger partial charge in [-0.1, -0.05) is 0 Å². The molecule has 110 valence electrons. The minimum Gasteiger partial charge on any atom is -0.368 e. The van der Waals surface area contributed by atoms with E-state index < -0.39 is 12.0 Å². The lowest BCUT2D eigenvalue weighted by molar-refractivity contribution is -0.146. The molecule has 10 heteroatoms. The van der Waals surface area contributed by atoms with E-state index in [2.05, 4.69) is 30.6 Å². The first kappa shape index (κ1) is 13.3. The number of aromatic nitrogens is 6. The molecule has 0 saturated heterocycles. The van der Waals surface area contributed by atoms with Crippen molar-refractivity contribution in [1.82, 2.24) is 29.8 Å². The van der Waals surface area contributed by atoms with Crippen molar-refractivity contribution in [1.29, 1.82) is 0 Å². The van der Waals surface area contributed by atoms with Crippen LogP contribution in [0.2, 0.25) is 0 Å². The molecule has 0 aliphatic rings. The number of alkyl halides is 3. The molecule has 0 aliphatic heterocycles. The van der Waals surface area contributed by atoms with Crippen molar-refractivity contribution in [2.75, 3.05) is 11.9 Å². The lowest BCUT2D eigenvalue weighted by atomic mass is 10.4.